The summed E-state index contributed by atoms with van der Waals surface area (Å²) in [5.41, 5.74) is -0.667. The van der Waals surface area contributed by atoms with Crippen LogP contribution in [0.25, 0.3) is 0 Å². The second-order valence-electron chi connectivity index (χ2n) is 6.08. The summed E-state index contributed by atoms with van der Waals surface area (Å²) >= 11 is 0. The molecule has 2 aliphatic heterocycles. The Bertz CT molecular complexity index is 650. The number of nitrogens with one attached hydrogen (secondary N) is 1. The topological polar surface area (TPSA) is 103 Å². The van der Waals surface area contributed by atoms with Crippen molar-refractivity contribution in [3.05, 3.63) is 17.7 Å². The van der Waals surface area contributed by atoms with Crippen molar-refractivity contribution >= 4 is 11.9 Å². The highest BCUT2D eigenvalue weighted by Gasteiger charge is 2.40. The van der Waals surface area contributed by atoms with E-state index in [9.17, 15) is 14.7 Å². The molecule has 25 heavy (non-hydrogen) atoms. The summed E-state index contributed by atoms with van der Waals surface area (Å²) in [5.74, 6) is 0.00566. The number of fused-ring (bicyclic) bond motifs is 1. The highest BCUT2D eigenvalue weighted by Crippen LogP contribution is 2.40. The summed E-state index contributed by atoms with van der Waals surface area (Å²) < 4.78 is 21.5. The lowest BCUT2D eigenvalue weighted by Gasteiger charge is -2.33. The molecule has 8 nitrogen and oxygen atoms in total. The van der Waals surface area contributed by atoms with Crippen LogP contribution in [0.2, 0.25) is 0 Å². The first-order chi connectivity index (χ1) is 12.1. The molecule has 1 saturated heterocycles. The zero-order chi connectivity index (χ0) is 17.9. The molecule has 136 valence electrons. The van der Waals surface area contributed by atoms with Crippen LogP contribution in [0.5, 0.6) is 17.2 Å². The number of carbonyl (C=O) groups excluding carboxylic acids is 1. The van der Waals surface area contributed by atoms with E-state index in [4.69, 9.17) is 18.9 Å². The minimum absolute atomic E-state index is 0.0429. The van der Waals surface area contributed by atoms with Gasteiger partial charge in [-0.05, 0) is 25.0 Å². The van der Waals surface area contributed by atoms with E-state index >= 15 is 0 Å². The second kappa shape index (κ2) is 7.18. The fourth-order valence-corrected chi connectivity index (χ4v) is 2.98. The monoisotopic (exact) mass is 351 g/mol. The van der Waals surface area contributed by atoms with Gasteiger partial charge in [-0.1, -0.05) is 0 Å². The van der Waals surface area contributed by atoms with Gasteiger partial charge in [-0.25, -0.2) is 0 Å². The minimum Gasteiger partial charge on any atom is -0.493 e. The summed E-state index contributed by atoms with van der Waals surface area (Å²) in [4.78, 5) is 24.2. The molecule has 3 rings (SSSR count). The van der Waals surface area contributed by atoms with Crippen LogP contribution in [0.4, 0.5) is 0 Å². The van der Waals surface area contributed by atoms with Crippen LogP contribution >= 0.6 is 0 Å². The third-order valence-corrected chi connectivity index (χ3v) is 4.58. The Balaban J connectivity index is 1.76. The number of carbonyl (C=O) groups is 2. The number of ether oxygens (including phenoxy) is 4. The number of methoxy groups -OCH3 is 1. The molecule has 0 atom stereocenters. The van der Waals surface area contributed by atoms with Crippen LogP contribution in [0.3, 0.4) is 0 Å². The van der Waals surface area contributed by atoms with Gasteiger partial charge < -0.3 is 29.4 Å². The van der Waals surface area contributed by atoms with Crippen molar-refractivity contribution in [2.24, 2.45) is 5.41 Å². The predicted octanol–water partition coefficient (Wildman–Crippen LogP) is 1.08. The predicted molar refractivity (Wildman–Crippen MR) is 86.4 cm³/mol. The molecule has 0 bridgehead atoms. The number of amides is 1. The molecule has 0 spiro atoms. The van der Waals surface area contributed by atoms with E-state index < -0.39 is 11.4 Å². The van der Waals surface area contributed by atoms with Crippen LogP contribution < -0.4 is 19.5 Å². The number of carboxylic acid groups (broad SMARTS) is 1. The molecular formula is C17H21NO7. The van der Waals surface area contributed by atoms with E-state index in [1.807, 2.05) is 0 Å². The van der Waals surface area contributed by atoms with Gasteiger partial charge in [-0.15, -0.1) is 0 Å². The van der Waals surface area contributed by atoms with Gasteiger partial charge in [0.2, 0.25) is 5.75 Å². The SMILES string of the molecule is COc1cc(C(=O)NCC2(C(=O)O)CCOCC2)cc2c1OCCO2. The van der Waals surface area contributed by atoms with Crippen molar-refractivity contribution in [3.63, 3.8) is 0 Å². The molecule has 0 aliphatic carbocycles. The molecule has 1 amide bonds. The Morgan fingerprint density at radius 1 is 1.20 bits per heavy atom. The number of benzene rings is 1. The third-order valence-electron chi connectivity index (χ3n) is 4.58. The van der Waals surface area contributed by atoms with Gasteiger partial charge >= 0.3 is 5.97 Å². The Kier molecular flexibility index (Phi) is 4.98. The minimum atomic E-state index is -0.994. The lowest BCUT2D eigenvalue weighted by molar-refractivity contribution is -0.154. The summed E-state index contributed by atoms with van der Waals surface area (Å²) in [7, 11) is 1.48. The molecule has 2 aliphatic rings. The molecule has 1 aromatic rings. The van der Waals surface area contributed by atoms with Gasteiger partial charge in [0.25, 0.3) is 5.91 Å². The normalized spacial score (nSPS) is 18.3. The first kappa shape index (κ1) is 17.3. The molecule has 1 aromatic carbocycles. The average molecular weight is 351 g/mol. The van der Waals surface area contributed by atoms with E-state index in [0.717, 1.165) is 0 Å². The summed E-state index contributed by atoms with van der Waals surface area (Å²) in [6, 6.07) is 3.13. The average Bonchev–Trinajstić information content (AvgIpc) is 2.65. The molecular weight excluding hydrogens is 330 g/mol. The Hall–Kier alpha value is -2.48. The van der Waals surface area contributed by atoms with Crippen molar-refractivity contribution < 1.29 is 33.6 Å². The van der Waals surface area contributed by atoms with E-state index in [-0.39, 0.29) is 12.5 Å². The van der Waals surface area contributed by atoms with Gasteiger partial charge in [0, 0.05) is 25.3 Å². The van der Waals surface area contributed by atoms with Crippen molar-refractivity contribution in [1.29, 1.82) is 0 Å². The maximum absolute atomic E-state index is 12.5. The quantitative estimate of drug-likeness (QED) is 0.818. The van der Waals surface area contributed by atoms with Crippen molar-refractivity contribution in [2.75, 3.05) is 40.1 Å². The van der Waals surface area contributed by atoms with Crippen LogP contribution in [0.15, 0.2) is 12.1 Å². The zero-order valence-corrected chi connectivity index (χ0v) is 14.0. The van der Waals surface area contributed by atoms with E-state index in [1.165, 1.54) is 7.11 Å². The second-order valence-corrected chi connectivity index (χ2v) is 6.08. The molecule has 0 unspecified atom stereocenters. The Labute approximate surface area is 145 Å². The molecule has 8 heteroatoms. The third kappa shape index (κ3) is 3.48. The van der Waals surface area contributed by atoms with Gasteiger partial charge in [-0.3, -0.25) is 9.59 Å². The summed E-state index contributed by atoms with van der Waals surface area (Å²) in [6.45, 7) is 1.60. The Morgan fingerprint density at radius 3 is 2.60 bits per heavy atom. The van der Waals surface area contributed by atoms with Gasteiger partial charge in [0.15, 0.2) is 11.5 Å². The summed E-state index contributed by atoms with van der Waals surface area (Å²) in [5, 5.41) is 12.3. The van der Waals surface area contributed by atoms with E-state index in [0.29, 0.717) is 62.1 Å². The fourth-order valence-electron chi connectivity index (χ4n) is 2.98. The summed E-state index contributed by atoms with van der Waals surface area (Å²) in [6.07, 6.45) is 0.736. The van der Waals surface area contributed by atoms with Crippen molar-refractivity contribution in [1.82, 2.24) is 5.32 Å². The number of rotatable bonds is 5. The largest absolute Gasteiger partial charge is 0.493 e. The fraction of sp³-hybridized carbons (Fsp3) is 0.529. The van der Waals surface area contributed by atoms with Gasteiger partial charge in [0.05, 0.1) is 12.5 Å². The molecule has 0 radical (unpaired) electrons. The lowest BCUT2D eigenvalue weighted by Crippen LogP contribution is -2.46. The number of hydrogen-bond donors (Lipinski definition) is 2. The van der Waals surface area contributed by atoms with E-state index in [1.54, 1.807) is 12.1 Å². The van der Waals surface area contributed by atoms with Crippen LogP contribution in [-0.2, 0) is 9.53 Å². The van der Waals surface area contributed by atoms with Crippen LogP contribution in [0, 0.1) is 5.41 Å². The maximum Gasteiger partial charge on any atom is 0.311 e. The smallest absolute Gasteiger partial charge is 0.311 e. The first-order valence-corrected chi connectivity index (χ1v) is 8.13. The zero-order valence-electron chi connectivity index (χ0n) is 14.0. The van der Waals surface area contributed by atoms with Crippen LogP contribution in [0.1, 0.15) is 23.2 Å². The van der Waals surface area contributed by atoms with Gasteiger partial charge in [0.1, 0.15) is 13.2 Å². The maximum atomic E-state index is 12.5. The highest BCUT2D eigenvalue weighted by atomic mass is 16.6. The Morgan fingerprint density at radius 2 is 1.92 bits per heavy atom. The highest BCUT2D eigenvalue weighted by molar-refractivity contribution is 5.96. The van der Waals surface area contributed by atoms with E-state index in [2.05, 4.69) is 5.32 Å². The first-order valence-electron chi connectivity index (χ1n) is 8.13. The molecule has 2 heterocycles. The molecule has 0 aromatic heterocycles. The van der Waals surface area contributed by atoms with Gasteiger partial charge in [-0.2, -0.15) is 0 Å². The molecule has 1 fully saturated rings. The molecule has 2 N–H and O–H groups in total. The van der Waals surface area contributed by atoms with Crippen molar-refractivity contribution in [3.8, 4) is 17.2 Å². The molecule has 0 saturated carbocycles. The number of aliphatic carboxylic acids is 1. The van der Waals surface area contributed by atoms with Crippen molar-refractivity contribution in [2.45, 2.75) is 12.8 Å². The number of carboxylic acids is 1. The standard InChI is InChI=1S/C17H21NO7/c1-22-12-8-11(9-13-14(12)25-7-6-24-13)15(19)18-10-17(16(20)21)2-4-23-5-3-17/h8-9H,2-7,10H2,1H3,(H,18,19)(H,20,21). The number of hydrogen-bond acceptors (Lipinski definition) is 6. The lowest BCUT2D eigenvalue weighted by atomic mass is 9.80. The van der Waals surface area contributed by atoms with Crippen LogP contribution in [-0.4, -0.2) is 57.1 Å².